The molecule has 0 unspecified atom stereocenters. The summed E-state index contributed by atoms with van der Waals surface area (Å²) < 4.78 is 5.04. The average Bonchev–Trinajstić information content (AvgIpc) is 3.21. The minimum absolute atomic E-state index is 0.254. The van der Waals surface area contributed by atoms with Gasteiger partial charge < -0.3 is 4.52 Å². The van der Waals surface area contributed by atoms with Gasteiger partial charge >= 0.3 is 0 Å². The van der Waals surface area contributed by atoms with E-state index in [1.807, 2.05) is 23.6 Å². The maximum absolute atomic E-state index is 12.4. The molecule has 0 radical (unpaired) electrons. The number of anilines is 1. The van der Waals surface area contributed by atoms with E-state index in [1.54, 1.807) is 13.8 Å². The van der Waals surface area contributed by atoms with E-state index in [2.05, 4.69) is 39.7 Å². The fourth-order valence-corrected chi connectivity index (χ4v) is 3.49. The Balaban J connectivity index is 1.60. The number of aromatic nitrogens is 2. The third-order valence-corrected chi connectivity index (χ3v) is 4.79. The van der Waals surface area contributed by atoms with Gasteiger partial charge in [-0.15, -0.1) is 11.3 Å². The quantitative estimate of drug-likeness (QED) is 0.576. The number of nitrogens with one attached hydrogen (secondary N) is 1. The largest absolute Gasteiger partial charge is 0.361 e. The van der Waals surface area contributed by atoms with E-state index >= 15 is 0 Å². The number of carbonyl (C=O) groups excluding carboxylic acids is 1. The van der Waals surface area contributed by atoms with Crippen LogP contribution in [0.5, 0.6) is 0 Å². The number of nitrogens with zero attached hydrogens (tertiary/aromatic N) is 2. The topological polar surface area (TPSA) is 68.0 Å². The van der Waals surface area contributed by atoms with Crippen molar-refractivity contribution in [2.75, 3.05) is 5.32 Å². The summed E-state index contributed by atoms with van der Waals surface area (Å²) in [6.07, 6.45) is 0. The predicted octanol–water partition coefficient (Wildman–Crippen LogP) is 4.82. The first kappa shape index (κ1) is 15.5. The molecule has 124 valence electrons. The van der Waals surface area contributed by atoms with Gasteiger partial charge in [-0.3, -0.25) is 10.1 Å². The number of fused-ring (bicyclic) bond motifs is 1. The summed E-state index contributed by atoms with van der Waals surface area (Å²) in [6.45, 7) is 3.46. The molecule has 2 heterocycles. The molecule has 0 saturated carbocycles. The highest BCUT2D eigenvalue weighted by atomic mass is 32.1. The molecule has 2 aromatic heterocycles. The van der Waals surface area contributed by atoms with E-state index < -0.39 is 0 Å². The van der Waals surface area contributed by atoms with Gasteiger partial charge in [-0.1, -0.05) is 41.6 Å². The lowest BCUT2D eigenvalue weighted by Crippen LogP contribution is -2.13. The fourth-order valence-electron chi connectivity index (χ4n) is 2.78. The lowest BCUT2D eigenvalue weighted by Gasteiger charge is -2.02. The summed E-state index contributed by atoms with van der Waals surface area (Å²) in [4.78, 5) is 16.9. The minimum Gasteiger partial charge on any atom is -0.361 e. The minimum atomic E-state index is -0.254. The van der Waals surface area contributed by atoms with Crippen molar-refractivity contribution in [1.82, 2.24) is 10.1 Å². The van der Waals surface area contributed by atoms with Crippen molar-refractivity contribution < 1.29 is 9.32 Å². The maximum atomic E-state index is 12.4. The second kappa shape index (κ2) is 6.14. The molecule has 4 aromatic rings. The number of hydrogen-bond acceptors (Lipinski definition) is 5. The number of aryl methyl sites for hydroxylation is 2. The monoisotopic (exact) mass is 349 g/mol. The molecule has 0 saturated heterocycles. The molecular weight excluding hydrogens is 334 g/mol. The number of rotatable bonds is 3. The van der Waals surface area contributed by atoms with Gasteiger partial charge in [0.05, 0.1) is 11.4 Å². The van der Waals surface area contributed by atoms with Crippen molar-refractivity contribution in [3.63, 3.8) is 0 Å². The van der Waals surface area contributed by atoms with Crippen molar-refractivity contribution in [2.24, 2.45) is 0 Å². The molecule has 25 heavy (non-hydrogen) atoms. The van der Waals surface area contributed by atoms with Crippen LogP contribution < -0.4 is 5.32 Å². The van der Waals surface area contributed by atoms with Crippen LogP contribution in [-0.4, -0.2) is 16.0 Å². The third-order valence-electron chi connectivity index (χ3n) is 4.03. The van der Waals surface area contributed by atoms with E-state index in [9.17, 15) is 4.79 Å². The predicted molar refractivity (Wildman–Crippen MR) is 99.0 cm³/mol. The smallest absolute Gasteiger partial charge is 0.262 e. The lowest BCUT2D eigenvalue weighted by atomic mass is 10.1. The van der Waals surface area contributed by atoms with Crippen LogP contribution >= 0.6 is 11.3 Å². The Morgan fingerprint density at radius 2 is 1.92 bits per heavy atom. The van der Waals surface area contributed by atoms with Gasteiger partial charge in [-0.25, -0.2) is 4.98 Å². The Morgan fingerprint density at radius 3 is 2.68 bits per heavy atom. The zero-order valence-corrected chi connectivity index (χ0v) is 14.6. The molecule has 1 N–H and O–H groups in total. The van der Waals surface area contributed by atoms with Crippen LogP contribution in [0.4, 0.5) is 5.13 Å². The van der Waals surface area contributed by atoms with Crippen LogP contribution in [0.15, 0.2) is 52.4 Å². The van der Waals surface area contributed by atoms with Crippen LogP contribution in [-0.2, 0) is 0 Å². The summed E-state index contributed by atoms with van der Waals surface area (Å²) in [5, 5.41) is 11.5. The summed E-state index contributed by atoms with van der Waals surface area (Å²) >= 11 is 1.39. The van der Waals surface area contributed by atoms with Gasteiger partial charge in [0.2, 0.25) is 0 Å². The van der Waals surface area contributed by atoms with Crippen molar-refractivity contribution in [3.8, 4) is 11.3 Å². The number of amides is 1. The Bertz CT molecular complexity index is 1060. The number of hydrogen-bond donors (Lipinski definition) is 1. The Morgan fingerprint density at radius 1 is 1.12 bits per heavy atom. The number of benzene rings is 2. The van der Waals surface area contributed by atoms with Crippen LogP contribution in [0.1, 0.15) is 21.8 Å². The van der Waals surface area contributed by atoms with Gasteiger partial charge in [0.15, 0.2) is 5.13 Å². The van der Waals surface area contributed by atoms with Gasteiger partial charge in [0.25, 0.3) is 5.91 Å². The standard InChI is InChI=1S/C19H15N3O2S/c1-11-17(12(2)24-22-11)18(23)21-19-20-16(10-25-19)15-8-7-13-5-3-4-6-14(13)9-15/h3-10H,1-2H3,(H,20,21,23). The molecule has 4 rings (SSSR count). The normalized spacial score (nSPS) is 11.0. The zero-order valence-electron chi connectivity index (χ0n) is 13.7. The molecule has 6 heteroatoms. The molecule has 0 aliphatic rings. The Hall–Kier alpha value is -2.99. The summed E-state index contributed by atoms with van der Waals surface area (Å²) in [5.41, 5.74) is 2.89. The molecule has 0 bridgehead atoms. The maximum Gasteiger partial charge on any atom is 0.262 e. The Kier molecular flexibility index (Phi) is 3.82. The van der Waals surface area contributed by atoms with E-state index in [0.717, 1.165) is 16.6 Å². The van der Waals surface area contributed by atoms with E-state index in [0.29, 0.717) is 22.1 Å². The van der Waals surface area contributed by atoms with Crippen LogP contribution in [0.2, 0.25) is 0 Å². The van der Waals surface area contributed by atoms with Crippen molar-refractivity contribution in [3.05, 3.63) is 64.9 Å². The first-order valence-electron chi connectivity index (χ1n) is 7.81. The molecule has 0 aliphatic heterocycles. The lowest BCUT2D eigenvalue weighted by molar-refractivity contribution is 0.102. The molecule has 1 amide bonds. The average molecular weight is 349 g/mol. The van der Waals surface area contributed by atoms with Crippen molar-refractivity contribution in [1.29, 1.82) is 0 Å². The fraction of sp³-hybridized carbons (Fsp3) is 0.105. The van der Waals surface area contributed by atoms with Gasteiger partial charge in [-0.05, 0) is 30.7 Å². The second-order valence-corrected chi connectivity index (χ2v) is 6.61. The first-order valence-corrected chi connectivity index (χ1v) is 8.69. The zero-order chi connectivity index (χ0) is 17.4. The third kappa shape index (κ3) is 2.92. The summed E-state index contributed by atoms with van der Waals surface area (Å²) in [6, 6.07) is 14.4. The first-order chi connectivity index (χ1) is 12.1. The van der Waals surface area contributed by atoms with Gasteiger partial charge in [0.1, 0.15) is 11.3 Å². The molecule has 0 fully saturated rings. The SMILES string of the molecule is Cc1noc(C)c1C(=O)Nc1nc(-c2ccc3ccccc3c2)cs1. The van der Waals surface area contributed by atoms with Crippen molar-refractivity contribution >= 4 is 33.1 Å². The molecular formula is C19H15N3O2S. The molecule has 0 spiro atoms. The van der Waals surface area contributed by atoms with Gasteiger partial charge in [-0.2, -0.15) is 0 Å². The second-order valence-electron chi connectivity index (χ2n) is 5.75. The van der Waals surface area contributed by atoms with E-state index in [4.69, 9.17) is 4.52 Å². The Labute approximate surface area is 148 Å². The highest BCUT2D eigenvalue weighted by molar-refractivity contribution is 7.14. The van der Waals surface area contributed by atoms with Crippen LogP contribution in [0.3, 0.4) is 0 Å². The summed E-state index contributed by atoms with van der Waals surface area (Å²) in [5.74, 6) is 0.247. The van der Waals surface area contributed by atoms with Crippen LogP contribution in [0.25, 0.3) is 22.0 Å². The highest BCUT2D eigenvalue weighted by Gasteiger charge is 2.18. The summed E-state index contributed by atoms with van der Waals surface area (Å²) in [7, 11) is 0. The van der Waals surface area contributed by atoms with Gasteiger partial charge in [0, 0.05) is 10.9 Å². The van der Waals surface area contributed by atoms with E-state index in [-0.39, 0.29) is 5.91 Å². The molecule has 5 nitrogen and oxygen atoms in total. The number of thiazole rings is 1. The number of carbonyl (C=O) groups is 1. The molecule has 0 aliphatic carbocycles. The highest BCUT2D eigenvalue weighted by Crippen LogP contribution is 2.28. The van der Waals surface area contributed by atoms with E-state index in [1.165, 1.54) is 16.7 Å². The molecule has 0 atom stereocenters. The van der Waals surface area contributed by atoms with Crippen LogP contribution in [0, 0.1) is 13.8 Å². The van der Waals surface area contributed by atoms with Crippen molar-refractivity contribution in [2.45, 2.75) is 13.8 Å². The molecule has 2 aromatic carbocycles.